The van der Waals surface area contributed by atoms with Crippen molar-refractivity contribution in [3.05, 3.63) is 11.6 Å². The fourth-order valence-corrected chi connectivity index (χ4v) is 4.56. The van der Waals surface area contributed by atoms with Gasteiger partial charge >= 0.3 is 0 Å². The Balaban J connectivity index is 1.48. The van der Waals surface area contributed by atoms with Gasteiger partial charge in [-0.15, -0.1) is 0 Å². The average molecular weight is 327 g/mol. The van der Waals surface area contributed by atoms with Crippen LogP contribution in [0, 0.1) is 0 Å². The van der Waals surface area contributed by atoms with Crippen LogP contribution in [0.1, 0.15) is 30.4 Å². The molecule has 1 saturated carbocycles. The van der Waals surface area contributed by atoms with Gasteiger partial charge in [0, 0.05) is 38.5 Å². The lowest BCUT2D eigenvalue weighted by Crippen LogP contribution is -2.49. The molecule has 3 heterocycles. The molecule has 0 N–H and O–H groups in total. The number of nitrogens with zero attached hydrogens (tertiary/aromatic N) is 5. The zero-order valence-corrected chi connectivity index (χ0v) is 13.3. The number of aromatic nitrogens is 3. The largest absolute Gasteiger partial charge is 0.379 e. The molecule has 8 nitrogen and oxygen atoms in total. The van der Waals surface area contributed by atoms with Crippen molar-refractivity contribution < 1.29 is 13.2 Å². The number of ether oxygens (including phenoxy) is 1. The van der Waals surface area contributed by atoms with Crippen LogP contribution in [0.4, 0.5) is 0 Å². The Morgan fingerprint density at radius 1 is 1.00 bits per heavy atom. The van der Waals surface area contributed by atoms with Crippen LogP contribution in [0.3, 0.4) is 0 Å². The van der Waals surface area contributed by atoms with Crippen LogP contribution in [0.15, 0.2) is 0 Å². The molecular weight excluding hydrogens is 306 g/mol. The second-order valence-corrected chi connectivity index (χ2v) is 7.98. The van der Waals surface area contributed by atoms with E-state index in [1.165, 1.54) is 17.1 Å². The molecule has 22 heavy (non-hydrogen) atoms. The Morgan fingerprint density at radius 2 is 1.73 bits per heavy atom. The van der Waals surface area contributed by atoms with E-state index in [1.807, 2.05) is 4.68 Å². The van der Waals surface area contributed by atoms with Crippen LogP contribution in [0.5, 0.6) is 0 Å². The predicted octanol–water partition coefficient (Wildman–Crippen LogP) is -0.409. The van der Waals surface area contributed by atoms with Crippen LogP contribution >= 0.6 is 0 Å². The molecule has 0 amide bonds. The topological polar surface area (TPSA) is 80.6 Å². The van der Waals surface area contributed by atoms with Crippen molar-refractivity contribution in [2.45, 2.75) is 31.7 Å². The van der Waals surface area contributed by atoms with Gasteiger partial charge in [-0.25, -0.2) is 9.67 Å². The van der Waals surface area contributed by atoms with Gasteiger partial charge in [-0.05, 0) is 12.8 Å². The first-order valence-electron chi connectivity index (χ1n) is 7.91. The number of rotatable bonds is 3. The highest BCUT2D eigenvalue weighted by Crippen LogP contribution is 2.38. The van der Waals surface area contributed by atoms with Crippen molar-refractivity contribution in [3.8, 4) is 0 Å². The fraction of sp³-hybridized carbons (Fsp3) is 0.846. The number of morpholine rings is 1. The first-order chi connectivity index (χ1) is 10.6. The zero-order valence-electron chi connectivity index (χ0n) is 12.5. The fourth-order valence-electron chi connectivity index (χ4n) is 2.99. The molecule has 0 unspecified atom stereocenters. The molecule has 3 aliphatic rings. The van der Waals surface area contributed by atoms with Gasteiger partial charge in [0.1, 0.15) is 5.82 Å². The van der Waals surface area contributed by atoms with Crippen molar-refractivity contribution in [1.29, 1.82) is 0 Å². The van der Waals surface area contributed by atoms with Crippen molar-refractivity contribution in [3.63, 3.8) is 0 Å². The standard InChI is InChI=1S/C13H21N5O3S/c19-22(20,17-7-9-21-10-8-17)16-4-3-12-14-13(11-1-2-11)15-18(12)6-5-16/h11H,1-10H2. The Kier molecular flexibility index (Phi) is 3.67. The summed E-state index contributed by atoms with van der Waals surface area (Å²) < 4.78 is 35.6. The summed E-state index contributed by atoms with van der Waals surface area (Å²) in [5.74, 6) is 2.40. The maximum Gasteiger partial charge on any atom is 0.282 e. The Hall–Kier alpha value is -1.03. The molecular formula is C13H21N5O3S. The monoisotopic (exact) mass is 327 g/mol. The summed E-state index contributed by atoms with van der Waals surface area (Å²) in [6, 6.07) is 0. The molecule has 4 rings (SSSR count). The quantitative estimate of drug-likeness (QED) is 0.754. The first kappa shape index (κ1) is 14.6. The minimum absolute atomic E-state index is 0.438. The second kappa shape index (κ2) is 5.55. The van der Waals surface area contributed by atoms with Crippen molar-refractivity contribution >= 4 is 10.2 Å². The van der Waals surface area contributed by atoms with E-state index >= 15 is 0 Å². The van der Waals surface area contributed by atoms with Crippen molar-refractivity contribution in [2.24, 2.45) is 0 Å². The zero-order chi connectivity index (χ0) is 15.2. The lowest BCUT2D eigenvalue weighted by molar-refractivity contribution is 0.0702. The summed E-state index contributed by atoms with van der Waals surface area (Å²) in [5.41, 5.74) is 0. The maximum atomic E-state index is 12.7. The maximum absolute atomic E-state index is 12.7. The first-order valence-corrected chi connectivity index (χ1v) is 9.31. The van der Waals surface area contributed by atoms with E-state index in [2.05, 4.69) is 10.1 Å². The van der Waals surface area contributed by atoms with E-state index in [0.717, 1.165) is 11.6 Å². The lowest BCUT2D eigenvalue weighted by Gasteiger charge is -2.31. The molecule has 2 fully saturated rings. The van der Waals surface area contributed by atoms with Gasteiger partial charge in [0.15, 0.2) is 5.82 Å². The molecule has 0 aromatic carbocycles. The Morgan fingerprint density at radius 3 is 2.45 bits per heavy atom. The highest BCUT2D eigenvalue weighted by molar-refractivity contribution is 7.86. The summed E-state index contributed by atoms with van der Waals surface area (Å²) in [6.45, 7) is 3.34. The van der Waals surface area contributed by atoms with Gasteiger partial charge < -0.3 is 4.74 Å². The number of hydrogen-bond acceptors (Lipinski definition) is 5. The molecule has 1 aromatic rings. The second-order valence-electron chi connectivity index (χ2n) is 6.05. The molecule has 9 heteroatoms. The number of fused-ring (bicyclic) bond motifs is 1. The lowest BCUT2D eigenvalue weighted by atomic mass is 10.4. The average Bonchev–Trinajstić information content (AvgIpc) is 3.33. The van der Waals surface area contributed by atoms with Crippen LogP contribution in [-0.4, -0.2) is 71.2 Å². The molecule has 2 aliphatic heterocycles. The highest BCUT2D eigenvalue weighted by atomic mass is 32.2. The van der Waals surface area contributed by atoms with Gasteiger partial charge in [0.2, 0.25) is 0 Å². The van der Waals surface area contributed by atoms with E-state index in [-0.39, 0.29) is 0 Å². The van der Waals surface area contributed by atoms with E-state index in [4.69, 9.17) is 4.74 Å². The Bertz CT molecular complexity index is 623. The molecule has 1 aliphatic carbocycles. The van der Waals surface area contributed by atoms with Crippen LogP contribution in [0.25, 0.3) is 0 Å². The van der Waals surface area contributed by atoms with Crippen molar-refractivity contribution in [2.75, 3.05) is 39.4 Å². The summed E-state index contributed by atoms with van der Waals surface area (Å²) in [7, 11) is -3.40. The van der Waals surface area contributed by atoms with Gasteiger partial charge in [-0.2, -0.15) is 22.1 Å². The van der Waals surface area contributed by atoms with E-state index < -0.39 is 10.2 Å². The van der Waals surface area contributed by atoms with Gasteiger partial charge in [-0.1, -0.05) is 0 Å². The SMILES string of the molecule is O=S(=O)(N1CCOCC1)N1CCc2nc(C3CC3)nn2CC1. The van der Waals surface area contributed by atoms with E-state index in [0.29, 0.717) is 58.3 Å². The molecule has 0 bridgehead atoms. The third-order valence-electron chi connectivity index (χ3n) is 4.48. The number of hydrogen-bond donors (Lipinski definition) is 0. The Labute approximate surface area is 130 Å². The third-order valence-corrected chi connectivity index (χ3v) is 6.51. The van der Waals surface area contributed by atoms with E-state index in [1.54, 1.807) is 4.31 Å². The molecule has 122 valence electrons. The minimum atomic E-state index is -3.40. The normalized spacial score (nSPS) is 24.9. The van der Waals surface area contributed by atoms with Crippen LogP contribution < -0.4 is 0 Å². The smallest absolute Gasteiger partial charge is 0.282 e. The summed E-state index contributed by atoms with van der Waals surface area (Å²) in [6.07, 6.45) is 2.99. The third kappa shape index (κ3) is 2.66. The molecule has 0 atom stereocenters. The summed E-state index contributed by atoms with van der Waals surface area (Å²) in [4.78, 5) is 4.60. The van der Waals surface area contributed by atoms with Gasteiger partial charge in [0.25, 0.3) is 10.2 Å². The summed E-state index contributed by atoms with van der Waals surface area (Å²) in [5, 5.41) is 4.55. The minimum Gasteiger partial charge on any atom is -0.379 e. The van der Waals surface area contributed by atoms with Gasteiger partial charge in [0.05, 0.1) is 19.8 Å². The highest BCUT2D eigenvalue weighted by Gasteiger charge is 2.34. The van der Waals surface area contributed by atoms with Crippen molar-refractivity contribution in [1.82, 2.24) is 23.4 Å². The molecule has 0 spiro atoms. The van der Waals surface area contributed by atoms with Crippen LogP contribution in [-0.2, 0) is 27.9 Å². The molecule has 1 saturated heterocycles. The molecule has 0 radical (unpaired) electrons. The van der Waals surface area contributed by atoms with Crippen LogP contribution in [0.2, 0.25) is 0 Å². The predicted molar refractivity (Wildman–Crippen MR) is 78.6 cm³/mol. The summed E-state index contributed by atoms with van der Waals surface area (Å²) >= 11 is 0. The molecule has 1 aromatic heterocycles. The van der Waals surface area contributed by atoms with Gasteiger partial charge in [-0.3, -0.25) is 0 Å². The van der Waals surface area contributed by atoms with E-state index in [9.17, 15) is 8.42 Å².